The number of likely N-dealkylation sites (N-methyl/N-ethyl adjacent to an activating group) is 1. The molecule has 0 atom stereocenters. The van der Waals surface area contributed by atoms with Gasteiger partial charge in [-0.2, -0.15) is 0 Å². The lowest BCUT2D eigenvalue weighted by Crippen LogP contribution is -2.37. The van der Waals surface area contributed by atoms with Gasteiger partial charge in [0.1, 0.15) is 6.54 Å². The summed E-state index contributed by atoms with van der Waals surface area (Å²) in [5.74, 6) is -0.00212. The van der Waals surface area contributed by atoms with Crippen molar-refractivity contribution in [1.82, 2.24) is 4.90 Å². The van der Waals surface area contributed by atoms with Crippen LogP contribution in [0, 0.1) is 0 Å². The van der Waals surface area contributed by atoms with E-state index in [9.17, 15) is 9.59 Å². The first-order chi connectivity index (χ1) is 7.30. The third kappa shape index (κ3) is 6.71. The lowest BCUT2D eigenvalue weighted by atomic mass is 10.3. The highest BCUT2D eigenvalue weighted by molar-refractivity contribution is 8.01. The van der Waals surface area contributed by atoms with Gasteiger partial charge in [0.15, 0.2) is 0 Å². The number of esters is 1. The number of methoxy groups -OCH3 is 1. The smallest absolute Gasteiger partial charge is 0.325 e. The van der Waals surface area contributed by atoms with Gasteiger partial charge in [-0.3, -0.25) is 9.59 Å². The molecular weight excluding hydrogens is 226 g/mol. The van der Waals surface area contributed by atoms with E-state index in [1.54, 1.807) is 11.8 Å². The standard InChI is InChI=1S/C11H21NO3S/c1-6-12(7-10(14)15-5)9(13)8-16-11(2,3)4/h6-8H2,1-5H3. The van der Waals surface area contributed by atoms with E-state index in [1.807, 2.05) is 6.92 Å². The fourth-order valence-electron chi connectivity index (χ4n) is 0.966. The third-order valence-electron chi connectivity index (χ3n) is 1.91. The molecule has 0 aliphatic heterocycles. The minimum absolute atomic E-state index is 0.0205. The van der Waals surface area contributed by atoms with Gasteiger partial charge < -0.3 is 9.64 Å². The first kappa shape index (κ1) is 15.3. The van der Waals surface area contributed by atoms with Crippen LogP contribution in [0.5, 0.6) is 0 Å². The average Bonchev–Trinajstić information content (AvgIpc) is 2.21. The van der Waals surface area contributed by atoms with Crippen molar-refractivity contribution in [2.24, 2.45) is 0 Å². The number of thioether (sulfide) groups is 1. The predicted molar refractivity (Wildman–Crippen MR) is 66.5 cm³/mol. The largest absolute Gasteiger partial charge is 0.468 e. The first-order valence-electron chi connectivity index (χ1n) is 5.28. The maximum Gasteiger partial charge on any atom is 0.325 e. The molecule has 0 aliphatic rings. The molecule has 0 heterocycles. The predicted octanol–water partition coefficient (Wildman–Crippen LogP) is 1.54. The lowest BCUT2D eigenvalue weighted by Gasteiger charge is -2.22. The van der Waals surface area contributed by atoms with E-state index in [0.29, 0.717) is 12.3 Å². The summed E-state index contributed by atoms with van der Waals surface area (Å²) in [7, 11) is 1.32. The van der Waals surface area contributed by atoms with E-state index in [4.69, 9.17) is 0 Å². The van der Waals surface area contributed by atoms with Crippen LogP contribution in [0.4, 0.5) is 0 Å². The summed E-state index contributed by atoms with van der Waals surface area (Å²) < 4.78 is 4.59. The van der Waals surface area contributed by atoms with Crippen LogP contribution in [0.1, 0.15) is 27.7 Å². The molecule has 5 heteroatoms. The Bertz CT molecular complexity index is 248. The van der Waals surface area contributed by atoms with Crippen LogP contribution >= 0.6 is 11.8 Å². The number of ether oxygens (including phenoxy) is 1. The molecule has 0 radical (unpaired) electrons. The summed E-state index contributed by atoms with van der Waals surface area (Å²) in [4.78, 5) is 24.3. The second kappa shape index (κ2) is 6.78. The molecule has 0 spiro atoms. The van der Waals surface area contributed by atoms with E-state index in [2.05, 4.69) is 25.5 Å². The van der Waals surface area contributed by atoms with Crippen LogP contribution in [-0.4, -0.2) is 47.5 Å². The summed E-state index contributed by atoms with van der Waals surface area (Å²) in [6.45, 7) is 8.59. The Morgan fingerprint density at radius 1 is 1.31 bits per heavy atom. The Labute approximate surface area is 102 Å². The Kier molecular flexibility index (Phi) is 6.48. The van der Waals surface area contributed by atoms with E-state index < -0.39 is 0 Å². The summed E-state index contributed by atoms with van der Waals surface area (Å²) in [5.41, 5.74) is 0. The van der Waals surface area contributed by atoms with Crippen molar-refractivity contribution in [3.8, 4) is 0 Å². The number of amides is 1. The molecule has 0 aliphatic carbocycles. The molecule has 0 aromatic carbocycles. The topological polar surface area (TPSA) is 46.6 Å². The van der Waals surface area contributed by atoms with Crippen molar-refractivity contribution in [3.05, 3.63) is 0 Å². The SMILES string of the molecule is CCN(CC(=O)OC)C(=O)CSC(C)(C)C. The van der Waals surface area contributed by atoms with Crippen LogP contribution in [-0.2, 0) is 14.3 Å². The lowest BCUT2D eigenvalue weighted by molar-refractivity contribution is -0.146. The van der Waals surface area contributed by atoms with Crippen molar-refractivity contribution in [3.63, 3.8) is 0 Å². The zero-order chi connectivity index (χ0) is 12.8. The molecule has 0 rings (SSSR count). The van der Waals surface area contributed by atoms with Gasteiger partial charge in [-0.15, -0.1) is 11.8 Å². The summed E-state index contributed by atoms with van der Waals surface area (Å²) in [6, 6.07) is 0. The summed E-state index contributed by atoms with van der Waals surface area (Å²) >= 11 is 1.58. The van der Waals surface area contributed by atoms with Crippen molar-refractivity contribution in [2.45, 2.75) is 32.4 Å². The van der Waals surface area contributed by atoms with Crippen LogP contribution < -0.4 is 0 Å². The van der Waals surface area contributed by atoms with Crippen molar-refractivity contribution in [2.75, 3.05) is 26.0 Å². The second-order valence-electron chi connectivity index (χ2n) is 4.39. The highest BCUT2D eigenvalue weighted by Crippen LogP contribution is 2.23. The van der Waals surface area contributed by atoms with Crippen LogP contribution in [0.3, 0.4) is 0 Å². The van der Waals surface area contributed by atoms with Crippen LogP contribution in [0.25, 0.3) is 0 Å². The first-order valence-corrected chi connectivity index (χ1v) is 6.27. The maximum absolute atomic E-state index is 11.8. The fourth-order valence-corrected chi connectivity index (χ4v) is 1.71. The third-order valence-corrected chi connectivity index (χ3v) is 3.17. The van der Waals surface area contributed by atoms with Gasteiger partial charge in [-0.1, -0.05) is 20.8 Å². The average molecular weight is 247 g/mol. The van der Waals surface area contributed by atoms with Crippen molar-refractivity contribution in [1.29, 1.82) is 0 Å². The highest BCUT2D eigenvalue weighted by Gasteiger charge is 2.19. The van der Waals surface area contributed by atoms with E-state index in [0.717, 1.165) is 0 Å². The number of nitrogens with zero attached hydrogens (tertiary/aromatic N) is 1. The van der Waals surface area contributed by atoms with E-state index in [1.165, 1.54) is 12.0 Å². The number of hydrogen-bond acceptors (Lipinski definition) is 4. The van der Waals surface area contributed by atoms with E-state index in [-0.39, 0.29) is 23.2 Å². The molecule has 94 valence electrons. The van der Waals surface area contributed by atoms with Gasteiger partial charge in [0.25, 0.3) is 0 Å². The van der Waals surface area contributed by atoms with Gasteiger partial charge >= 0.3 is 5.97 Å². The highest BCUT2D eigenvalue weighted by atomic mass is 32.2. The minimum Gasteiger partial charge on any atom is -0.468 e. The van der Waals surface area contributed by atoms with Crippen molar-refractivity contribution >= 4 is 23.6 Å². The molecule has 0 unspecified atom stereocenters. The number of carbonyl (C=O) groups is 2. The zero-order valence-corrected chi connectivity index (χ0v) is 11.5. The molecule has 0 N–H and O–H groups in total. The normalized spacial score (nSPS) is 11.1. The molecule has 0 aromatic heterocycles. The molecule has 0 saturated heterocycles. The second-order valence-corrected chi connectivity index (χ2v) is 6.19. The van der Waals surface area contributed by atoms with Gasteiger partial charge in [0.2, 0.25) is 5.91 Å². The van der Waals surface area contributed by atoms with Crippen LogP contribution in [0.15, 0.2) is 0 Å². The zero-order valence-electron chi connectivity index (χ0n) is 10.7. The van der Waals surface area contributed by atoms with Gasteiger partial charge in [-0.25, -0.2) is 0 Å². The Balaban J connectivity index is 4.16. The molecule has 16 heavy (non-hydrogen) atoms. The Morgan fingerprint density at radius 3 is 2.25 bits per heavy atom. The van der Waals surface area contributed by atoms with E-state index >= 15 is 0 Å². The van der Waals surface area contributed by atoms with Gasteiger partial charge in [0.05, 0.1) is 12.9 Å². The Hall–Kier alpha value is -0.710. The minimum atomic E-state index is -0.379. The van der Waals surface area contributed by atoms with Gasteiger partial charge in [0, 0.05) is 11.3 Å². The molecule has 0 saturated carbocycles. The number of rotatable bonds is 5. The molecule has 1 amide bonds. The molecular formula is C11H21NO3S. The monoisotopic (exact) mass is 247 g/mol. The molecule has 0 fully saturated rings. The summed E-state index contributed by atoms with van der Waals surface area (Å²) in [6.07, 6.45) is 0. The van der Waals surface area contributed by atoms with Gasteiger partial charge in [-0.05, 0) is 6.92 Å². The molecule has 0 bridgehead atoms. The Morgan fingerprint density at radius 2 is 1.88 bits per heavy atom. The molecule has 0 aromatic rings. The maximum atomic E-state index is 11.8. The quantitative estimate of drug-likeness (QED) is 0.691. The van der Waals surface area contributed by atoms with Crippen LogP contribution in [0.2, 0.25) is 0 Å². The number of carbonyl (C=O) groups excluding carboxylic acids is 2. The number of hydrogen-bond donors (Lipinski definition) is 0. The summed E-state index contributed by atoms with van der Waals surface area (Å²) in [5, 5.41) is 0. The van der Waals surface area contributed by atoms with Crippen molar-refractivity contribution < 1.29 is 14.3 Å². The molecule has 4 nitrogen and oxygen atoms in total. The fraction of sp³-hybridized carbons (Fsp3) is 0.818.